The quantitative estimate of drug-likeness (QED) is 0.541. The summed E-state index contributed by atoms with van der Waals surface area (Å²) in [6, 6.07) is 20.1. The van der Waals surface area contributed by atoms with Crippen molar-refractivity contribution in [3.8, 4) is 0 Å². The highest BCUT2D eigenvalue weighted by Gasteiger charge is 2.21. The molecule has 0 fully saturated rings. The Kier molecular flexibility index (Phi) is 8.58. The first-order chi connectivity index (χ1) is 11.8. The number of hydrogen-bond donors (Lipinski definition) is 2. The Morgan fingerprint density at radius 3 is 1.92 bits per heavy atom. The molecule has 0 aliphatic rings. The van der Waals surface area contributed by atoms with Crippen LogP contribution in [-0.4, -0.2) is 11.7 Å². The van der Waals surface area contributed by atoms with Gasteiger partial charge in [-0.05, 0) is 24.1 Å². The predicted octanol–water partition coefficient (Wildman–Crippen LogP) is 5.41. The van der Waals surface area contributed by atoms with Crippen molar-refractivity contribution in [3.63, 3.8) is 0 Å². The number of rotatable bonds is 11. The van der Waals surface area contributed by atoms with E-state index in [9.17, 15) is 5.11 Å². The Hall–Kier alpha value is -1.64. The Balaban J connectivity index is 1.92. The maximum absolute atomic E-state index is 10.8. The summed E-state index contributed by atoms with van der Waals surface area (Å²) >= 11 is 0. The molecule has 0 spiro atoms. The van der Waals surface area contributed by atoms with Crippen LogP contribution in [0.5, 0.6) is 0 Å². The van der Waals surface area contributed by atoms with E-state index in [0.29, 0.717) is 0 Å². The fourth-order valence-corrected chi connectivity index (χ4v) is 3.08. The summed E-state index contributed by atoms with van der Waals surface area (Å²) in [5, 5.41) is 14.4. The standard InChI is InChI=1S/C22H31NO/c1-2-3-4-5-6-13-18-23-21(19-14-9-7-10-15-19)22(24)20-16-11-8-12-17-20/h7-12,14-17,21-24H,2-6,13,18H2,1H3. The minimum absolute atomic E-state index is 0.0655. The van der Waals surface area contributed by atoms with E-state index >= 15 is 0 Å². The zero-order chi connectivity index (χ0) is 17.0. The molecule has 0 bridgehead atoms. The molecular weight excluding hydrogens is 294 g/mol. The molecule has 24 heavy (non-hydrogen) atoms. The smallest absolute Gasteiger partial charge is 0.0984 e. The normalized spacial score (nSPS) is 13.6. The van der Waals surface area contributed by atoms with Crippen LogP contribution in [0.25, 0.3) is 0 Å². The molecule has 2 aromatic rings. The summed E-state index contributed by atoms with van der Waals surface area (Å²) in [5.41, 5.74) is 2.10. The zero-order valence-corrected chi connectivity index (χ0v) is 14.8. The molecule has 0 saturated carbocycles. The molecule has 2 nitrogen and oxygen atoms in total. The van der Waals surface area contributed by atoms with Gasteiger partial charge >= 0.3 is 0 Å². The molecule has 2 unspecified atom stereocenters. The molecule has 0 saturated heterocycles. The summed E-state index contributed by atoms with van der Waals surface area (Å²) < 4.78 is 0. The fourth-order valence-electron chi connectivity index (χ4n) is 3.08. The van der Waals surface area contributed by atoms with E-state index in [1.54, 1.807) is 0 Å². The highest BCUT2D eigenvalue weighted by atomic mass is 16.3. The van der Waals surface area contributed by atoms with Crippen LogP contribution in [0.3, 0.4) is 0 Å². The Bertz CT molecular complexity index is 540. The second kappa shape index (κ2) is 11.0. The van der Waals surface area contributed by atoms with Gasteiger partial charge in [-0.2, -0.15) is 0 Å². The van der Waals surface area contributed by atoms with E-state index in [1.807, 2.05) is 48.5 Å². The Morgan fingerprint density at radius 1 is 0.750 bits per heavy atom. The van der Waals surface area contributed by atoms with Crippen LogP contribution in [0.15, 0.2) is 60.7 Å². The van der Waals surface area contributed by atoms with Gasteiger partial charge in [0.1, 0.15) is 0 Å². The van der Waals surface area contributed by atoms with Crippen molar-refractivity contribution in [3.05, 3.63) is 71.8 Å². The van der Waals surface area contributed by atoms with E-state index in [4.69, 9.17) is 0 Å². The lowest BCUT2D eigenvalue weighted by atomic mass is 9.95. The van der Waals surface area contributed by atoms with Gasteiger partial charge in [-0.1, -0.05) is 99.7 Å². The average molecular weight is 325 g/mol. The van der Waals surface area contributed by atoms with Crippen LogP contribution in [0.4, 0.5) is 0 Å². The largest absolute Gasteiger partial charge is 0.386 e. The fraction of sp³-hybridized carbons (Fsp3) is 0.455. The highest BCUT2D eigenvalue weighted by Crippen LogP contribution is 2.28. The SMILES string of the molecule is CCCCCCCCNC(c1ccccc1)C(O)c1ccccc1. The Morgan fingerprint density at radius 2 is 1.29 bits per heavy atom. The van der Waals surface area contributed by atoms with Gasteiger partial charge in [0.2, 0.25) is 0 Å². The third-order valence-corrected chi connectivity index (χ3v) is 4.51. The van der Waals surface area contributed by atoms with Gasteiger partial charge in [0.05, 0.1) is 12.1 Å². The third-order valence-electron chi connectivity index (χ3n) is 4.51. The average Bonchev–Trinajstić information content (AvgIpc) is 2.65. The van der Waals surface area contributed by atoms with Gasteiger partial charge in [0.25, 0.3) is 0 Å². The van der Waals surface area contributed by atoms with Crippen LogP contribution in [0.1, 0.15) is 68.7 Å². The summed E-state index contributed by atoms with van der Waals surface area (Å²) in [6.07, 6.45) is 7.17. The summed E-state index contributed by atoms with van der Waals surface area (Å²) in [4.78, 5) is 0. The van der Waals surface area contributed by atoms with Crippen LogP contribution < -0.4 is 5.32 Å². The van der Waals surface area contributed by atoms with Crippen molar-refractivity contribution < 1.29 is 5.11 Å². The Labute approximate surface area is 146 Å². The van der Waals surface area contributed by atoms with Gasteiger partial charge in [0.15, 0.2) is 0 Å². The number of aliphatic hydroxyl groups excluding tert-OH is 1. The van der Waals surface area contributed by atoms with Gasteiger partial charge < -0.3 is 10.4 Å². The topological polar surface area (TPSA) is 32.3 Å². The van der Waals surface area contributed by atoms with Crippen molar-refractivity contribution in [1.29, 1.82) is 0 Å². The molecule has 2 aromatic carbocycles. The second-order valence-corrected chi connectivity index (χ2v) is 6.47. The van der Waals surface area contributed by atoms with Gasteiger partial charge in [-0.15, -0.1) is 0 Å². The molecular formula is C22H31NO. The molecule has 0 aliphatic heterocycles. The number of nitrogens with one attached hydrogen (secondary N) is 1. The molecule has 2 N–H and O–H groups in total. The van der Waals surface area contributed by atoms with Crippen LogP contribution in [0, 0.1) is 0 Å². The van der Waals surface area contributed by atoms with Crippen molar-refractivity contribution in [2.75, 3.05) is 6.54 Å². The van der Waals surface area contributed by atoms with E-state index in [1.165, 1.54) is 32.1 Å². The molecule has 2 heteroatoms. The summed E-state index contributed by atoms with van der Waals surface area (Å²) in [5.74, 6) is 0. The van der Waals surface area contributed by atoms with Gasteiger partial charge in [-0.3, -0.25) is 0 Å². The van der Waals surface area contributed by atoms with E-state index in [-0.39, 0.29) is 6.04 Å². The van der Waals surface area contributed by atoms with Gasteiger partial charge in [0, 0.05) is 0 Å². The minimum atomic E-state index is -0.534. The van der Waals surface area contributed by atoms with Crippen molar-refractivity contribution in [2.45, 2.75) is 57.6 Å². The molecule has 130 valence electrons. The van der Waals surface area contributed by atoms with E-state index in [2.05, 4.69) is 24.4 Å². The minimum Gasteiger partial charge on any atom is -0.386 e. The van der Waals surface area contributed by atoms with Crippen LogP contribution >= 0.6 is 0 Å². The molecule has 0 radical (unpaired) electrons. The maximum atomic E-state index is 10.8. The van der Waals surface area contributed by atoms with Crippen molar-refractivity contribution in [1.82, 2.24) is 5.32 Å². The lowest BCUT2D eigenvalue weighted by Gasteiger charge is -2.25. The van der Waals surface area contributed by atoms with Crippen LogP contribution in [-0.2, 0) is 0 Å². The number of hydrogen-bond acceptors (Lipinski definition) is 2. The van der Waals surface area contributed by atoms with Crippen molar-refractivity contribution in [2.24, 2.45) is 0 Å². The first kappa shape index (κ1) is 18.7. The zero-order valence-electron chi connectivity index (χ0n) is 14.8. The number of unbranched alkanes of at least 4 members (excludes halogenated alkanes) is 5. The molecule has 2 atom stereocenters. The second-order valence-electron chi connectivity index (χ2n) is 6.47. The van der Waals surface area contributed by atoms with E-state index in [0.717, 1.165) is 24.1 Å². The lowest BCUT2D eigenvalue weighted by molar-refractivity contribution is 0.128. The third kappa shape index (κ3) is 6.10. The molecule has 0 heterocycles. The first-order valence-corrected chi connectivity index (χ1v) is 9.34. The molecule has 0 amide bonds. The maximum Gasteiger partial charge on any atom is 0.0984 e. The number of aliphatic hydroxyl groups is 1. The molecule has 2 rings (SSSR count). The van der Waals surface area contributed by atoms with Gasteiger partial charge in [-0.25, -0.2) is 0 Å². The monoisotopic (exact) mass is 325 g/mol. The van der Waals surface area contributed by atoms with Crippen LogP contribution in [0.2, 0.25) is 0 Å². The predicted molar refractivity (Wildman–Crippen MR) is 102 cm³/mol. The summed E-state index contributed by atoms with van der Waals surface area (Å²) in [7, 11) is 0. The summed E-state index contributed by atoms with van der Waals surface area (Å²) in [6.45, 7) is 3.19. The molecule has 0 aliphatic carbocycles. The number of benzene rings is 2. The first-order valence-electron chi connectivity index (χ1n) is 9.34. The molecule has 0 aromatic heterocycles. The van der Waals surface area contributed by atoms with Crippen molar-refractivity contribution >= 4 is 0 Å². The lowest BCUT2D eigenvalue weighted by Crippen LogP contribution is -2.28. The highest BCUT2D eigenvalue weighted by molar-refractivity contribution is 5.26. The van der Waals surface area contributed by atoms with E-state index < -0.39 is 6.10 Å².